The minimum atomic E-state index is -0.277. The Hall–Kier alpha value is -0.610. The molecular formula is C9H17N3O. The third-order valence-corrected chi connectivity index (χ3v) is 3.43. The van der Waals surface area contributed by atoms with Crippen LogP contribution in [0.15, 0.2) is 0 Å². The minimum absolute atomic E-state index is 0.238. The second-order valence-corrected chi connectivity index (χ2v) is 4.23. The van der Waals surface area contributed by atoms with Crippen LogP contribution in [0.1, 0.15) is 32.6 Å². The standard InChI is InChI=1S/C9H17N3O/c1-7(8(10)13)11-12-6-5-9(12)3-2-4-9/h7,11H,2-6H2,1H3,(H2,10,13). The lowest BCUT2D eigenvalue weighted by molar-refractivity contribution is -0.134. The fourth-order valence-electron chi connectivity index (χ4n) is 2.14. The molecule has 1 aliphatic heterocycles. The van der Waals surface area contributed by atoms with Crippen molar-refractivity contribution in [1.29, 1.82) is 0 Å². The average Bonchev–Trinajstić information content (AvgIpc) is 1.94. The zero-order valence-electron chi connectivity index (χ0n) is 8.05. The number of hydrogen-bond donors (Lipinski definition) is 2. The fraction of sp³-hybridized carbons (Fsp3) is 0.889. The second-order valence-electron chi connectivity index (χ2n) is 4.23. The van der Waals surface area contributed by atoms with Crippen molar-refractivity contribution < 1.29 is 4.79 Å². The average molecular weight is 183 g/mol. The molecule has 3 N–H and O–H groups in total. The van der Waals surface area contributed by atoms with Crippen molar-refractivity contribution in [2.75, 3.05) is 6.54 Å². The number of amides is 1. The topological polar surface area (TPSA) is 58.4 Å². The van der Waals surface area contributed by atoms with Crippen molar-refractivity contribution in [2.45, 2.75) is 44.2 Å². The van der Waals surface area contributed by atoms with E-state index >= 15 is 0 Å². The first-order valence-electron chi connectivity index (χ1n) is 4.97. The van der Waals surface area contributed by atoms with Gasteiger partial charge < -0.3 is 5.73 Å². The van der Waals surface area contributed by atoms with Gasteiger partial charge in [-0.15, -0.1) is 0 Å². The van der Waals surface area contributed by atoms with E-state index < -0.39 is 0 Å². The Bertz CT molecular complexity index is 219. The molecule has 1 heterocycles. The Balaban J connectivity index is 1.85. The molecule has 4 heteroatoms. The maximum absolute atomic E-state index is 10.8. The zero-order valence-corrected chi connectivity index (χ0v) is 8.05. The van der Waals surface area contributed by atoms with Gasteiger partial charge in [-0.2, -0.15) is 0 Å². The van der Waals surface area contributed by atoms with E-state index in [0.29, 0.717) is 5.54 Å². The van der Waals surface area contributed by atoms with Gasteiger partial charge in [-0.3, -0.25) is 4.79 Å². The Morgan fingerprint density at radius 3 is 2.54 bits per heavy atom. The smallest absolute Gasteiger partial charge is 0.235 e. The number of carbonyl (C=O) groups excluding carboxylic acids is 1. The van der Waals surface area contributed by atoms with E-state index in [1.807, 2.05) is 6.92 Å². The quantitative estimate of drug-likeness (QED) is 0.647. The van der Waals surface area contributed by atoms with Gasteiger partial charge in [-0.1, -0.05) is 0 Å². The summed E-state index contributed by atoms with van der Waals surface area (Å²) >= 11 is 0. The van der Waals surface area contributed by atoms with Crippen molar-refractivity contribution in [2.24, 2.45) is 5.73 Å². The number of carbonyl (C=O) groups is 1. The summed E-state index contributed by atoms with van der Waals surface area (Å²) in [7, 11) is 0. The van der Waals surface area contributed by atoms with Gasteiger partial charge in [0.2, 0.25) is 5.91 Å². The molecule has 1 atom stereocenters. The van der Waals surface area contributed by atoms with Gasteiger partial charge in [0, 0.05) is 12.1 Å². The molecule has 13 heavy (non-hydrogen) atoms. The highest BCUT2D eigenvalue weighted by Gasteiger charge is 2.49. The molecule has 1 unspecified atom stereocenters. The van der Waals surface area contributed by atoms with Crippen LogP contribution in [-0.4, -0.2) is 29.0 Å². The molecule has 1 saturated heterocycles. The van der Waals surface area contributed by atoms with Gasteiger partial charge >= 0.3 is 0 Å². The molecule has 0 aromatic heterocycles. The maximum atomic E-state index is 10.8. The minimum Gasteiger partial charge on any atom is -0.368 e. The Kier molecular flexibility index (Phi) is 2.04. The lowest BCUT2D eigenvalue weighted by atomic mass is 9.69. The normalized spacial score (nSPS) is 27.8. The molecule has 1 saturated carbocycles. The van der Waals surface area contributed by atoms with Gasteiger partial charge in [0.25, 0.3) is 0 Å². The third-order valence-electron chi connectivity index (χ3n) is 3.43. The number of nitrogens with two attached hydrogens (primary N) is 1. The monoisotopic (exact) mass is 183 g/mol. The molecule has 4 nitrogen and oxygen atoms in total. The van der Waals surface area contributed by atoms with E-state index in [-0.39, 0.29) is 11.9 Å². The zero-order chi connectivity index (χ0) is 9.47. The molecule has 0 aromatic rings. The number of nitrogens with one attached hydrogen (secondary N) is 1. The number of hydrogen-bond acceptors (Lipinski definition) is 3. The summed E-state index contributed by atoms with van der Waals surface area (Å²) in [4.78, 5) is 10.8. The van der Waals surface area contributed by atoms with Crippen LogP contribution in [-0.2, 0) is 4.79 Å². The summed E-state index contributed by atoms with van der Waals surface area (Å²) in [5, 5.41) is 2.20. The van der Waals surface area contributed by atoms with Gasteiger partial charge in [-0.25, -0.2) is 10.4 Å². The Morgan fingerprint density at radius 2 is 2.23 bits per heavy atom. The SMILES string of the molecule is CC(NN1CCC12CCC2)C(N)=O. The van der Waals surface area contributed by atoms with Gasteiger partial charge in [0.05, 0.1) is 6.04 Å². The van der Waals surface area contributed by atoms with Crippen LogP contribution in [0.2, 0.25) is 0 Å². The van der Waals surface area contributed by atoms with E-state index in [4.69, 9.17) is 5.73 Å². The molecular weight excluding hydrogens is 166 g/mol. The molecule has 2 rings (SSSR count). The molecule has 0 aromatic carbocycles. The molecule has 0 radical (unpaired) electrons. The summed E-state index contributed by atoms with van der Waals surface area (Å²) in [5.41, 5.74) is 8.74. The van der Waals surface area contributed by atoms with Crippen LogP contribution in [0.3, 0.4) is 0 Å². The summed E-state index contributed by atoms with van der Waals surface area (Å²) in [6.45, 7) is 2.87. The van der Waals surface area contributed by atoms with E-state index in [0.717, 1.165) is 6.54 Å². The highest BCUT2D eigenvalue weighted by Crippen LogP contribution is 2.45. The van der Waals surface area contributed by atoms with Gasteiger partial charge in [-0.05, 0) is 32.6 Å². The number of hydrazine groups is 1. The Labute approximate surface area is 78.4 Å². The predicted octanol–water partition coefficient (Wildman–Crippen LogP) is -0.00680. The Morgan fingerprint density at radius 1 is 1.54 bits per heavy atom. The van der Waals surface area contributed by atoms with E-state index in [2.05, 4.69) is 10.4 Å². The van der Waals surface area contributed by atoms with Gasteiger partial charge in [0.1, 0.15) is 0 Å². The van der Waals surface area contributed by atoms with Crippen molar-refractivity contribution in [3.63, 3.8) is 0 Å². The van der Waals surface area contributed by atoms with Crippen LogP contribution >= 0.6 is 0 Å². The molecule has 1 amide bonds. The predicted molar refractivity (Wildman–Crippen MR) is 49.7 cm³/mol. The first-order chi connectivity index (χ1) is 6.14. The summed E-state index contributed by atoms with van der Waals surface area (Å²) in [6.07, 6.45) is 5.13. The largest absolute Gasteiger partial charge is 0.368 e. The van der Waals surface area contributed by atoms with Crippen molar-refractivity contribution >= 4 is 5.91 Å². The van der Waals surface area contributed by atoms with Crippen LogP contribution in [0.5, 0.6) is 0 Å². The number of primary amides is 1. The number of rotatable bonds is 3. The summed E-state index contributed by atoms with van der Waals surface area (Å²) < 4.78 is 0. The molecule has 1 spiro atoms. The molecule has 2 aliphatic rings. The highest BCUT2D eigenvalue weighted by atomic mass is 16.1. The van der Waals surface area contributed by atoms with Gasteiger partial charge in [0.15, 0.2) is 0 Å². The molecule has 1 aliphatic carbocycles. The highest BCUT2D eigenvalue weighted by molar-refractivity contribution is 5.79. The molecule has 2 fully saturated rings. The summed E-state index contributed by atoms with van der Waals surface area (Å²) in [5.74, 6) is -0.277. The lowest BCUT2D eigenvalue weighted by Gasteiger charge is -2.58. The van der Waals surface area contributed by atoms with Crippen molar-refractivity contribution in [1.82, 2.24) is 10.4 Å². The van der Waals surface area contributed by atoms with Crippen molar-refractivity contribution in [3.05, 3.63) is 0 Å². The van der Waals surface area contributed by atoms with E-state index in [9.17, 15) is 4.79 Å². The van der Waals surface area contributed by atoms with Crippen LogP contribution in [0.4, 0.5) is 0 Å². The van der Waals surface area contributed by atoms with Crippen LogP contribution < -0.4 is 11.2 Å². The van der Waals surface area contributed by atoms with E-state index in [1.54, 1.807) is 0 Å². The maximum Gasteiger partial charge on any atom is 0.235 e. The van der Waals surface area contributed by atoms with Crippen LogP contribution in [0.25, 0.3) is 0 Å². The molecule has 74 valence electrons. The van der Waals surface area contributed by atoms with E-state index in [1.165, 1.54) is 25.7 Å². The first-order valence-corrected chi connectivity index (χ1v) is 4.97. The first kappa shape index (κ1) is 8.97. The number of nitrogens with zero attached hydrogens (tertiary/aromatic N) is 1. The lowest BCUT2D eigenvalue weighted by Crippen LogP contribution is -2.70. The third kappa shape index (κ3) is 1.34. The van der Waals surface area contributed by atoms with Crippen LogP contribution in [0, 0.1) is 0 Å². The summed E-state index contributed by atoms with van der Waals surface area (Å²) in [6, 6.07) is -0.238. The second kappa shape index (κ2) is 2.96. The molecule has 0 bridgehead atoms. The van der Waals surface area contributed by atoms with Crippen molar-refractivity contribution in [3.8, 4) is 0 Å². The fourth-order valence-corrected chi connectivity index (χ4v) is 2.14.